The van der Waals surface area contributed by atoms with Crippen LogP contribution in [0.5, 0.6) is 0 Å². The summed E-state index contributed by atoms with van der Waals surface area (Å²) in [6, 6.07) is 0.372. The smallest absolute Gasteiger partial charge is 0.109 e. The average Bonchev–Trinajstić information content (AvgIpc) is 2.77. The van der Waals surface area contributed by atoms with E-state index in [1.165, 1.54) is 23.0 Å². The molecule has 1 fully saturated rings. The highest BCUT2D eigenvalue weighted by Gasteiger charge is 2.11. The molecule has 0 radical (unpaired) electrons. The van der Waals surface area contributed by atoms with Crippen molar-refractivity contribution in [3.8, 4) is 0 Å². The molecular formula is C12H22N4S. The van der Waals surface area contributed by atoms with Gasteiger partial charge in [-0.25, -0.2) is 4.98 Å². The molecule has 4 nitrogen and oxygen atoms in total. The van der Waals surface area contributed by atoms with Crippen molar-refractivity contribution in [2.75, 3.05) is 39.3 Å². The lowest BCUT2D eigenvalue weighted by molar-refractivity contribution is 0.238. The second-order valence-electron chi connectivity index (χ2n) is 4.58. The fraction of sp³-hybridized carbons (Fsp3) is 0.750. The number of aryl methyl sites for hydroxylation is 1. The van der Waals surface area contributed by atoms with E-state index in [9.17, 15) is 0 Å². The Kier molecular flexibility index (Phi) is 4.91. The van der Waals surface area contributed by atoms with Crippen molar-refractivity contribution in [1.29, 1.82) is 0 Å². The van der Waals surface area contributed by atoms with E-state index in [1.54, 1.807) is 11.3 Å². The quantitative estimate of drug-likeness (QED) is 0.823. The summed E-state index contributed by atoms with van der Waals surface area (Å²) >= 11 is 1.78. The van der Waals surface area contributed by atoms with Crippen molar-refractivity contribution in [2.24, 2.45) is 0 Å². The molecule has 96 valence electrons. The highest BCUT2D eigenvalue weighted by atomic mass is 32.1. The average molecular weight is 254 g/mol. The van der Waals surface area contributed by atoms with E-state index in [4.69, 9.17) is 0 Å². The maximum Gasteiger partial charge on any atom is 0.109 e. The Labute approximate surface area is 107 Å². The van der Waals surface area contributed by atoms with Crippen LogP contribution in [0.3, 0.4) is 0 Å². The van der Waals surface area contributed by atoms with Gasteiger partial charge >= 0.3 is 0 Å². The van der Waals surface area contributed by atoms with Gasteiger partial charge < -0.3 is 10.6 Å². The van der Waals surface area contributed by atoms with Crippen molar-refractivity contribution in [3.05, 3.63) is 16.1 Å². The topological polar surface area (TPSA) is 40.2 Å². The number of rotatable bonds is 5. The van der Waals surface area contributed by atoms with Crippen LogP contribution in [0.15, 0.2) is 6.20 Å². The van der Waals surface area contributed by atoms with Gasteiger partial charge in [0.05, 0.1) is 6.04 Å². The largest absolute Gasteiger partial charge is 0.314 e. The Balaban J connectivity index is 1.67. The number of hydrogen-bond donors (Lipinski definition) is 2. The van der Waals surface area contributed by atoms with Gasteiger partial charge in [-0.2, -0.15) is 0 Å². The highest BCUT2D eigenvalue weighted by Crippen LogP contribution is 2.18. The first-order valence-electron chi connectivity index (χ1n) is 6.34. The SMILES string of the molecule is Cc1cnc(C(C)NCCN2CCNCC2)s1. The van der Waals surface area contributed by atoms with Gasteiger partial charge in [0, 0.05) is 50.3 Å². The summed E-state index contributed by atoms with van der Waals surface area (Å²) in [5.41, 5.74) is 0. The lowest BCUT2D eigenvalue weighted by Crippen LogP contribution is -2.45. The van der Waals surface area contributed by atoms with Crippen LogP contribution in [-0.4, -0.2) is 49.2 Å². The summed E-state index contributed by atoms with van der Waals surface area (Å²) in [5.74, 6) is 0. The van der Waals surface area contributed by atoms with Gasteiger partial charge in [0.1, 0.15) is 5.01 Å². The molecule has 1 aromatic heterocycles. The first-order chi connectivity index (χ1) is 8.25. The molecule has 0 saturated carbocycles. The minimum atomic E-state index is 0.372. The Morgan fingerprint density at radius 1 is 1.53 bits per heavy atom. The van der Waals surface area contributed by atoms with Gasteiger partial charge in [-0.3, -0.25) is 4.90 Å². The Hall–Kier alpha value is -0.490. The lowest BCUT2D eigenvalue weighted by Gasteiger charge is -2.27. The van der Waals surface area contributed by atoms with Crippen LogP contribution >= 0.6 is 11.3 Å². The van der Waals surface area contributed by atoms with E-state index >= 15 is 0 Å². The van der Waals surface area contributed by atoms with E-state index in [2.05, 4.69) is 34.4 Å². The summed E-state index contributed by atoms with van der Waals surface area (Å²) in [4.78, 5) is 8.20. The third kappa shape index (κ3) is 4.03. The van der Waals surface area contributed by atoms with Crippen LogP contribution in [-0.2, 0) is 0 Å². The molecule has 2 heterocycles. The van der Waals surface area contributed by atoms with Crippen molar-refractivity contribution in [3.63, 3.8) is 0 Å². The molecule has 0 bridgehead atoms. The molecule has 1 aliphatic rings. The first-order valence-corrected chi connectivity index (χ1v) is 7.16. The van der Waals surface area contributed by atoms with Gasteiger partial charge in [0.25, 0.3) is 0 Å². The minimum absolute atomic E-state index is 0.372. The summed E-state index contributed by atoms with van der Waals surface area (Å²) in [7, 11) is 0. The van der Waals surface area contributed by atoms with Gasteiger partial charge in [-0.05, 0) is 13.8 Å². The molecule has 0 aliphatic carbocycles. The predicted octanol–water partition coefficient (Wildman–Crippen LogP) is 1.01. The first kappa shape index (κ1) is 13.0. The van der Waals surface area contributed by atoms with Gasteiger partial charge in [-0.1, -0.05) is 0 Å². The van der Waals surface area contributed by atoms with E-state index in [1.807, 2.05) is 6.20 Å². The van der Waals surface area contributed by atoms with Gasteiger partial charge in [0.15, 0.2) is 0 Å². The van der Waals surface area contributed by atoms with Crippen LogP contribution in [0.1, 0.15) is 22.9 Å². The summed E-state index contributed by atoms with van der Waals surface area (Å²) in [6.07, 6.45) is 1.95. The van der Waals surface area contributed by atoms with Crippen molar-refractivity contribution >= 4 is 11.3 Å². The van der Waals surface area contributed by atoms with Crippen LogP contribution in [0.25, 0.3) is 0 Å². The standard InChI is InChI=1S/C12H22N4S/c1-10-9-15-12(17-10)11(2)14-5-8-16-6-3-13-4-7-16/h9,11,13-14H,3-8H2,1-2H3. The summed E-state index contributed by atoms with van der Waals surface area (Å²) in [6.45, 7) is 11.1. The van der Waals surface area contributed by atoms with E-state index in [0.717, 1.165) is 26.2 Å². The molecule has 17 heavy (non-hydrogen) atoms. The molecule has 5 heteroatoms. The van der Waals surface area contributed by atoms with Crippen LogP contribution in [0.2, 0.25) is 0 Å². The normalized spacial score (nSPS) is 19.4. The molecular weight excluding hydrogens is 232 g/mol. The second-order valence-corrected chi connectivity index (χ2v) is 5.84. The number of piperazine rings is 1. The minimum Gasteiger partial charge on any atom is -0.314 e. The summed E-state index contributed by atoms with van der Waals surface area (Å²) < 4.78 is 0. The number of hydrogen-bond acceptors (Lipinski definition) is 5. The van der Waals surface area contributed by atoms with E-state index in [0.29, 0.717) is 6.04 Å². The molecule has 1 atom stereocenters. The number of aromatic nitrogens is 1. The van der Waals surface area contributed by atoms with E-state index < -0.39 is 0 Å². The second kappa shape index (κ2) is 6.44. The molecule has 1 unspecified atom stereocenters. The molecule has 0 aromatic carbocycles. The fourth-order valence-corrected chi connectivity index (χ4v) is 2.83. The maximum atomic E-state index is 4.41. The zero-order chi connectivity index (χ0) is 12.1. The summed E-state index contributed by atoms with van der Waals surface area (Å²) in [5, 5.41) is 8.11. The molecule has 1 saturated heterocycles. The van der Waals surface area contributed by atoms with Crippen molar-refractivity contribution in [1.82, 2.24) is 20.5 Å². The number of thiazole rings is 1. The lowest BCUT2D eigenvalue weighted by atomic mass is 10.3. The third-order valence-electron chi connectivity index (χ3n) is 3.10. The van der Waals surface area contributed by atoms with Gasteiger partial charge in [0.2, 0.25) is 0 Å². The Bertz CT molecular complexity index is 333. The number of nitrogens with zero attached hydrogens (tertiary/aromatic N) is 2. The zero-order valence-corrected chi connectivity index (χ0v) is 11.5. The molecule has 0 spiro atoms. The molecule has 2 N–H and O–H groups in total. The van der Waals surface area contributed by atoms with Crippen molar-refractivity contribution in [2.45, 2.75) is 19.9 Å². The predicted molar refractivity (Wildman–Crippen MR) is 72.6 cm³/mol. The maximum absolute atomic E-state index is 4.41. The van der Waals surface area contributed by atoms with Gasteiger partial charge in [-0.15, -0.1) is 11.3 Å². The monoisotopic (exact) mass is 254 g/mol. The molecule has 0 amide bonds. The van der Waals surface area contributed by atoms with Crippen molar-refractivity contribution < 1.29 is 0 Å². The van der Waals surface area contributed by atoms with Crippen LogP contribution in [0, 0.1) is 6.92 Å². The molecule has 1 aromatic rings. The Morgan fingerprint density at radius 3 is 2.94 bits per heavy atom. The highest BCUT2D eigenvalue weighted by molar-refractivity contribution is 7.11. The van der Waals surface area contributed by atoms with E-state index in [-0.39, 0.29) is 0 Å². The zero-order valence-electron chi connectivity index (χ0n) is 10.7. The third-order valence-corrected chi connectivity index (χ3v) is 4.19. The van der Waals surface area contributed by atoms with Crippen LogP contribution < -0.4 is 10.6 Å². The number of nitrogens with one attached hydrogen (secondary N) is 2. The molecule has 2 rings (SSSR count). The van der Waals surface area contributed by atoms with Crippen LogP contribution in [0.4, 0.5) is 0 Å². The Morgan fingerprint density at radius 2 is 2.29 bits per heavy atom. The fourth-order valence-electron chi connectivity index (χ4n) is 2.03. The molecule has 1 aliphatic heterocycles.